The number of hydrogen-bond acceptors (Lipinski definition) is 6. The van der Waals surface area contributed by atoms with E-state index >= 15 is 0 Å². The van der Waals surface area contributed by atoms with E-state index in [0.717, 1.165) is 32.2 Å². The van der Waals surface area contributed by atoms with Crippen LogP contribution in [0.3, 0.4) is 0 Å². The van der Waals surface area contributed by atoms with Crippen LogP contribution in [0.1, 0.15) is 21.5 Å². The van der Waals surface area contributed by atoms with Crippen LogP contribution >= 0.6 is 11.3 Å². The maximum atomic E-state index is 12.4. The lowest BCUT2D eigenvalue weighted by atomic mass is 10.1. The number of anilines is 1. The Morgan fingerprint density at radius 2 is 1.96 bits per heavy atom. The predicted octanol–water partition coefficient (Wildman–Crippen LogP) is 4.73. The van der Waals surface area contributed by atoms with Crippen molar-refractivity contribution in [3.8, 4) is 21.1 Å². The molecule has 0 spiro atoms. The summed E-state index contributed by atoms with van der Waals surface area (Å²) in [5.41, 5.74) is 3.53. The Hall–Kier alpha value is -3.32. The third kappa shape index (κ3) is 3.50. The number of aromatic nitrogens is 3. The Morgan fingerprint density at radius 1 is 1.07 bits per heavy atom. The summed E-state index contributed by atoms with van der Waals surface area (Å²) in [5, 5.41) is 6.58. The minimum absolute atomic E-state index is 0.199. The van der Waals surface area contributed by atoms with Crippen LogP contribution in [-0.4, -0.2) is 21.0 Å². The van der Waals surface area contributed by atoms with Crippen molar-refractivity contribution < 1.29 is 9.32 Å². The molecule has 0 unspecified atom stereocenters. The number of amides is 1. The molecule has 4 aromatic heterocycles. The largest absolute Gasteiger partial charge is 0.355 e. The Morgan fingerprint density at radius 3 is 2.67 bits per heavy atom. The predicted molar refractivity (Wildman–Crippen MR) is 105 cm³/mol. The first kappa shape index (κ1) is 17.1. The highest BCUT2D eigenvalue weighted by molar-refractivity contribution is 7.19. The van der Waals surface area contributed by atoms with Gasteiger partial charge in [-0.3, -0.25) is 9.78 Å². The number of hydrogen-bond donors (Lipinski definition) is 1. The summed E-state index contributed by atoms with van der Waals surface area (Å²) in [7, 11) is 0. The molecule has 0 saturated carbocycles. The van der Waals surface area contributed by atoms with Crippen molar-refractivity contribution in [2.24, 2.45) is 0 Å². The molecule has 6 nitrogen and oxygen atoms in total. The number of nitrogens with zero attached hydrogens (tertiary/aromatic N) is 3. The highest BCUT2D eigenvalue weighted by Gasteiger charge is 2.13. The maximum absolute atomic E-state index is 12.4. The number of pyridine rings is 2. The van der Waals surface area contributed by atoms with E-state index in [9.17, 15) is 4.79 Å². The van der Waals surface area contributed by atoms with Gasteiger partial charge in [-0.05, 0) is 49.2 Å². The molecular weight excluding hydrogens is 360 g/mol. The van der Waals surface area contributed by atoms with Gasteiger partial charge in [0.1, 0.15) is 5.82 Å². The number of rotatable bonds is 4. The zero-order valence-electron chi connectivity index (χ0n) is 14.8. The molecule has 27 heavy (non-hydrogen) atoms. The smallest absolute Gasteiger partial charge is 0.257 e. The molecule has 0 saturated heterocycles. The van der Waals surface area contributed by atoms with Gasteiger partial charge in [-0.1, -0.05) is 5.16 Å². The van der Waals surface area contributed by atoms with Crippen LogP contribution in [0.15, 0.2) is 59.6 Å². The summed E-state index contributed by atoms with van der Waals surface area (Å²) in [6, 6.07) is 9.36. The van der Waals surface area contributed by atoms with Gasteiger partial charge in [-0.15, -0.1) is 11.3 Å². The van der Waals surface area contributed by atoms with Crippen molar-refractivity contribution >= 4 is 23.1 Å². The summed E-state index contributed by atoms with van der Waals surface area (Å²) < 4.78 is 5.23. The molecule has 134 valence electrons. The van der Waals surface area contributed by atoms with E-state index < -0.39 is 0 Å². The molecule has 0 aromatic carbocycles. The molecule has 0 bridgehead atoms. The Balaban J connectivity index is 1.55. The molecule has 1 amide bonds. The van der Waals surface area contributed by atoms with Crippen molar-refractivity contribution in [3.05, 3.63) is 71.8 Å². The molecule has 0 radical (unpaired) electrons. The fourth-order valence-corrected chi connectivity index (χ4v) is 3.87. The second-order valence-corrected chi connectivity index (χ2v) is 7.13. The van der Waals surface area contributed by atoms with E-state index in [0.29, 0.717) is 11.4 Å². The van der Waals surface area contributed by atoms with Gasteiger partial charge in [-0.25, -0.2) is 4.98 Å². The van der Waals surface area contributed by atoms with Crippen molar-refractivity contribution in [2.75, 3.05) is 5.32 Å². The van der Waals surface area contributed by atoms with E-state index in [1.165, 1.54) is 0 Å². The molecule has 0 aliphatic rings. The van der Waals surface area contributed by atoms with Crippen molar-refractivity contribution in [2.45, 2.75) is 13.8 Å². The first-order valence-corrected chi connectivity index (χ1v) is 9.13. The standard InChI is InChI=1S/C20H16N4O2S/c1-12-9-17(16-6-8-23-26-16)27-19(12)14-3-4-18(22-11-14)24-20(25)15-5-7-21-10-13(15)2/h3-11H,1-2H3,(H,22,24,25). The lowest BCUT2D eigenvalue weighted by Crippen LogP contribution is -2.14. The van der Waals surface area contributed by atoms with Crippen LogP contribution in [0.4, 0.5) is 5.82 Å². The third-order valence-corrected chi connectivity index (χ3v) is 5.43. The summed E-state index contributed by atoms with van der Waals surface area (Å²) in [6.45, 7) is 3.90. The Kier molecular flexibility index (Phi) is 4.52. The van der Waals surface area contributed by atoms with Gasteiger partial charge in [-0.2, -0.15) is 0 Å². The van der Waals surface area contributed by atoms with E-state index in [1.807, 2.05) is 26.0 Å². The molecule has 4 heterocycles. The van der Waals surface area contributed by atoms with Gasteiger partial charge in [0.2, 0.25) is 0 Å². The highest BCUT2D eigenvalue weighted by Crippen LogP contribution is 2.37. The van der Waals surface area contributed by atoms with Crippen LogP contribution in [0.25, 0.3) is 21.1 Å². The van der Waals surface area contributed by atoms with Gasteiger partial charge < -0.3 is 9.84 Å². The molecule has 0 fully saturated rings. The zero-order valence-corrected chi connectivity index (χ0v) is 15.6. The molecule has 0 aliphatic heterocycles. The minimum atomic E-state index is -0.199. The fourth-order valence-electron chi connectivity index (χ4n) is 2.75. The fraction of sp³-hybridized carbons (Fsp3) is 0.100. The van der Waals surface area contributed by atoms with E-state index in [1.54, 1.807) is 48.3 Å². The monoisotopic (exact) mass is 376 g/mol. The second kappa shape index (κ2) is 7.13. The lowest BCUT2D eigenvalue weighted by Gasteiger charge is -2.07. The summed E-state index contributed by atoms with van der Waals surface area (Å²) in [5.74, 6) is 1.05. The first-order valence-electron chi connectivity index (χ1n) is 8.31. The van der Waals surface area contributed by atoms with Crippen molar-refractivity contribution in [3.63, 3.8) is 0 Å². The van der Waals surface area contributed by atoms with Crippen LogP contribution in [0.5, 0.6) is 0 Å². The minimum Gasteiger partial charge on any atom is -0.355 e. The Bertz CT molecular complexity index is 1090. The summed E-state index contributed by atoms with van der Waals surface area (Å²) >= 11 is 1.62. The quantitative estimate of drug-likeness (QED) is 0.557. The third-order valence-electron chi connectivity index (χ3n) is 4.13. The van der Waals surface area contributed by atoms with E-state index in [2.05, 4.69) is 26.5 Å². The topological polar surface area (TPSA) is 80.9 Å². The number of aryl methyl sites for hydroxylation is 2. The number of carbonyl (C=O) groups excluding carboxylic acids is 1. The van der Waals surface area contributed by atoms with Gasteiger partial charge in [0.05, 0.1) is 11.1 Å². The molecule has 4 aromatic rings. The van der Waals surface area contributed by atoms with E-state index in [4.69, 9.17) is 4.52 Å². The molecule has 0 aliphatic carbocycles. The van der Waals surface area contributed by atoms with Gasteiger partial charge in [0.25, 0.3) is 5.91 Å². The highest BCUT2D eigenvalue weighted by atomic mass is 32.1. The molecule has 1 N–H and O–H groups in total. The molecule has 0 atom stereocenters. The first-order chi connectivity index (χ1) is 13.1. The number of thiophene rings is 1. The lowest BCUT2D eigenvalue weighted by molar-refractivity contribution is 0.102. The Labute approximate surface area is 159 Å². The van der Waals surface area contributed by atoms with Crippen LogP contribution in [0, 0.1) is 13.8 Å². The van der Waals surface area contributed by atoms with Crippen LogP contribution in [0.2, 0.25) is 0 Å². The average Bonchev–Trinajstić information content (AvgIpc) is 3.32. The van der Waals surface area contributed by atoms with Crippen molar-refractivity contribution in [1.29, 1.82) is 0 Å². The van der Waals surface area contributed by atoms with Gasteiger partial charge in [0, 0.05) is 40.7 Å². The molecular formula is C20H16N4O2S. The summed E-state index contributed by atoms with van der Waals surface area (Å²) in [4.78, 5) is 22.9. The average molecular weight is 376 g/mol. The summed E-state index contributed by atoms with van der Waals surface area (Å²) in [6.07, 6.45) is 6.66. The van der Waals surface area contributed by atoms with Crippen molar-refractivity contribution in [1.82, 2.24) is 15.1 Å². The number of carbonyl (C=O) groups is 1. The van der Waals surface area contributed by atoms with Crippen LogP contribution in [-0.2, 0) is 0 Å². The van der Waals surface area contributed by atoms with Gasteiger partial charge >= 0.3 is 0 Å². The maximum Gasteiger partial charge on any atom is 0.257 e. The number of nitrogens with one attached hydrogen (secondary N) is 1. The molecule has 4 rings (SSSR count). The second-order valence-electron chi connectivity index (χ2n) is 6.08. The molecule has 7 heteroatoms. The SMILES string of the molecule is Cc1cnccc1C(=O)Nc1ccc(-c2sc(-c3ccno3)cc2C)cn1. The normalized spacial score (nSPS) is 10.7. The van der Waals surface area contributed by atoms with E-state index in [-0.39, 0.29) is 5.91 Å². The van der Waals surface area contributed by atoms with Gasteiger partial charge in [0.15, 0.2) is 5.76 Å². The van der Waals surface area contributed by atoms with Crippen LogP contribution < -0.4 is 5.32 Å². The zero-order chi connectivity index (χ0) is 18.8.